The van der Waals surface area contributed by atoms with Crippen molar-refractivity contribution in [2.24, 2.45) is 7.05 Å². The number of carboxylic acids is 1. The third-order valence-corrected chi connectivity index (χ3v) is 4.26. The van der Waals surface area contributed by atoms with E-state index in [1.54, 1.807) is 23.5 Å². The van der Waals surface area contributed by atoms with Gasteiger partial charge in [0.1, 0.15) is 11.9 Å². The number of rotatable bonds is 8. The van der Waals surface area contributed by atoms with Gasteiger partial charge in [-0.1, -0.05) is 18.7 Å². The van der Waals surface area contributed by atoms with Gasteiger partial charge < -0.3 is 10.4 Å². The van der Waals surface area contributed by atoms with Crippen LogP contribution in [0.1, 0.15) is 26.2 Å². The minimum absolute atomic E-state index is 0.577. The van der Waals surface area contributed by atoms with Crippen molar-refractivity contribution in [3.63, 3.8) is 0 Å². The number of thioether (sulfide) groups is 1. The van der Waals surface area contributed by atoms with Crippen LogP contribution >= 0.6 is 11.8 Å². The predicted molar refractivity (Wildman–Crippen MR) is 70.7 cm³/mol. The van der Waals surface area contributed by atoms with Gasteiger partial charge in [-0.15, -0.1) is 0 Å². The van der Waals surface area contributed by atoms with Crippen LogP contribution in [-0.2, 0) is 11.8 Å². The zero-order valence-corrected chi connectivity index (χ0v) is 11.8. The Morgan fingerprint density at radius 2 is 2.39 bits per heavy atom. The Kier molecular flexibility index (Phi) is 5.61. The van der Waals surface area contributed by atoms with Gasteiger partial charge in [0.25, 0.3) is 0 Å². The normalized spacial score (nSPS) is 14.4. The molecule has 0 aromatic carbocycles. The molecule has 1 heterocycles. The zero-order chi connectivity index (χ0) is 13.6. The molecule has 1 aromatic heterocycles. The molecule has 102 valence electrons. The molecule has 6 nitrogen and oxygen atoms in total. The van der Waals surface area contributed by atoms with Gasteiger partial charge in [-0.3, -0.25) is 4.79 Å². The Morgan fingerprint density at radius 3 is 2.83 bits per heavy atom. The highest BCUT2D eigenvalue weighted by atomic mass is 32.2. The Hall–Kier alpha value is -1.08. The van der Waals surface area contributed by atoms with Gasteiger partial charge in [-0.2, -0.15) is 5.10 Å². The molecule has 0 aliphatic carbocycles. The fourth-order valence-corrected chi connectivity index (χ4v) is 2.62. The van der Waals surface area contributed by atoms with E-state index in [0.29, 0.717) is 12.8 Å². The predicted octanol–water partition coefficient (Wildman–Crippen LogP) is 1.14. The van der Waals surface area contributed by atoms with E-state index in [9.17, 15) is 9.90 Å². The van der Waals surface area contributed by atoms with E-state index in [1.165, 1.54) is 6.33 Å². The van der Waals surface area contributed by atoms with E-state index in [4.69, 9.17) is 0 Å². The first-order valence-electron chi connectivity index (χ1n) is 5.95. The summed E-state index contributed by atoms with van der Waals surface area (Å²) >= 11 is 1.60. The van der Waals surface area contributed by atoms with Crippen LogP contribution in [0.2, 0.25) is 0 Å². The number of hydrogen-bond acceptors (Lipinski definition) is 5. The lowest BCUT2D eigenvalue weighted by atomic mass is 9.91. The molecule has 0 saturated heterocycles. The molecular formula is C11H20N4O2S. The highest BCUT2D eigenvalue weighted by Crippen LogP contribution is 2.21. The smallest absolute Gasteiger partial charge is 0.323 e. The van der Waals surface area contributed by atoms with Crippen LogP contribution in [0.15, 0.2) is 11.5 Å². The topological polar surface area (TPSA) is 80.0 Å². The summed E-state index contributed by atoms with van der Waals surface area (Å²) in [7, 11) is 3.55. The maximum atomic E-state index is 11.3. The minimum Gasteiger partial charge on any atom is -0.480 e. The van der Waals surface area contributed by atoms with E-state index in [1.807, 2.05) is 14.0 Å². The standard InChI is InChI=1S/C11H20N4O2S/c1-4-11(12-2,9(16)17)6-5-7-18-10-13-8-14-15(10)3/h8,12H,4-7H2,1-3H3,(H,16,17). The van der Waals surface area contributed by atoms with Crippen molar-refractivity contribution in [2.45, 2.75) is 36.9 Å². The van der Waals surface area contributed by atoms with E-state index in [2.05, 4.69) is 15.4 Å². The van der Waals surface area contributed by atoms with Crippen LogP contribution in [-0.4, -0.2) is 44.2 Å². The molecule has 0 bridgehead atoms. The van der Waals surface area contributed by atoms with Crippen molar-refractivity contribution in [3.05, 3.63) is 6.33 Å². The second kappa shape index (κ2) is 6.75. The number of aromatic nitrogens is 3. The number of hydrogen-bond donors (Lipinski definition) is 2. The number of likely N-dealkylation sites (N-methyl/N-ethyl adjacent to an activating group) is 1. The van der Waals surface area contributed by atoms with Crippen LogP contribution in [0.4, 0.5) is 0 Å². The molecule has 0 radical (unpaired) electrons. The molecule has 1 unspecified atom stereocenters. The van der Waals surface area contributed by atoms with Gasteiger partial charge in [-0.25, -0.2) is 9.67 Å². The summed E-state index contributed by atoms with van der Waals surface area (Å²) in [6.45, 7) is 1.89. The molecule has 0 fully saturated rings. The van der Waals surface area contributed by atoms with Crippen molar-refractivity contribution in [3.8, 4) is 0 Å². The fraction of sp³-hybridized carbons (Fsp3) is 0.727. The molecule has 0 amide bonds. The second-order valence-electron chi connectivity index (χ2n) is 4.11. The fourth-order valence-electron chi connectivity index (χ4n) is 1.80. The second-order valence-corrected chi connectivity index (χ2v) is 5.17. The maximum absolute atomic E-state index is 11.3. The number of aryl methyl sites for hydroxylation is 1. The van der Waals surface area contributed by atoms with Crippen molar-refractivity contribution in [2.75, 3.05) is 12.8 Å². The number of nitrogens with one attached hydrogen (secondary N) is 1. The van der Waals surface area contributed by atoms with E-state index >= 15 is 0 Å². The molecule has 18 heavy (non-hydrogen) atoms. The molecule has 0 spiro atoms. The molecule has 0 saturated carbocycles. The SMILES string of the molecule is CCC(CCCSc1ncnn1C)(NC)C(=O)O. The first-order chi connectivity index (χ1) is 8.55. The summed E-state index contributed by atoms with van der Waals surface area (Å²) in [4.78, 5) is 15.4. The van der Waals surface area contributed by atoms with Gasteiger partial charge in [0.15, 0.2) is 5.16 Å². The van der Waals surface area contributed by atoms with Gasteiger partial charge in [-0.05, 0) is 26.3 Å². The Morgan fingerprint density at radius 1 is 1.67 bits per heavy atom. The molecule has 1 atom stereocenters. The molecule has 1 aromatic rings. The Balaban J connectivity index is 2.40. The summed E-state index contributed by atoms with van der Waals surface area (Å²) in [5.74, 6) is 0.0552. The van der Waals surface area contributed by atoms with E-state index in [-0.39, 0.29) is 0 Å². The van der Waals surface area contributed by atoms with Crippen molar-refractivity contribution in [1.29, 1.82) is 0 Å². The van der Waals surface area contributed by atoms with E-state index in [0.717, 1.165) is 17.3 Å². The highest BCUT2D eigenvalue weighted by molar-refractivity contribution is 7.99. The van der Waals surface area contributed by atoms with Gasteiger partial charge in [0.05, 0.1) is 0 Å². The first-order valence-corrected chi connectivity index (χ1v) is 6.93. The summed E-state index contributed by atoms with van der Waals surface area (Å²) in [6, 6.07) is 0. The number of carboxylic acid groups (broad SMARTS) is 1. The highest BCUT2D eigenvalue weighted by Gasteiger charge is 2.33. The lowest BCUT2D eigenvalue weighted by molar-refractivity contribution is -0.145. The van der Waals surface area contributed by atoms with Crippen LogP contribution in [0, 0.1) is 0 Å². The maximum Gasteiger partial charge on any atom is 0.323 e. The van der Waals surface area contributed by atoms with Gasteiger partial charge in [0, 0.05) is 12.8 Å². The monoisotopic (exact) mass is 272 g/mol. The summed E-state index contributed by atoms with van der Waals surface area (Å²) in [5.41, 5.74) is -0.805. The quantitative estimate of drug-likeness (QED) is 0.545. The zero-order valence-electron chi connectivity index (χ0n) is 11.0. The average molecular weight is 272 g/mol. The van der Waals surface area contributed by atoms with Crippen molar-refractivity contribution in [1.82, 2.24) is 20.1 Å². The van der Waals surface area contributed by atoms with Crippen molar-refractivity contribution < 1.29 is 9.90 Å². The minimum atomic E-state index is -0.805. The first kappa shape index (κ1) is 15.0. The van der Waals surface area contributed by atoms with Crippen LogP contribution < -0.4 is 5.32 Å². The molecule has 0 aliphatic rings. The molecule has 2 N–H and O–H groups in total. The molecule has 1 rings (SSSR count). The number of nitrogens with zero attached hydrogens (tertiary/aromatic N) is 3. The largest absolute Gasteiger partial charge is 0.480 e. The Bertz CT molecular complexity index is 390. The van der Waals surface area contributed by atoms with Gasteiger partial charge >= 0.3 is 5.97 Å². The van der Waals surface area contributed by atoms with E-state index < -0.39 is 11.5 Å². The molecule has 7 heteroatoms. The summed E-state index contributed by atoms with van der Waals surface area (Å²) in [5, 5.41) is 17.0. The lowest BCUT2D eigenvalue weighted by Gasteiger charge is -2.27. The number of aliphatic carboxylic acids is 1. The Labute approximate surface area is 111 Å². The third kappa shape index (κ3) is 3.46. The van der Waals surface area contributed by atoms with Crippen LogP contribution in [0.3, 0.4) is 0 Å². The molecule has 0 aliphatic heterocycles. The summed E-state index contributed by atoms with van der Waals surface area (Å²) < 4.78 is 1.72. The molecular weight excluding hydrogens is 252 g/mol. The lowest BCUT2D eigenvalue weighted by Crippen LogP contribution is -2.49. The van der Waals surface area contributed by atoms with Crippen LogP contribution in [0.5, 0.6) is 0 Å². The third-order valence-electron chi connectivity index (χ3n) is 3.14. The number of carbonyl (C=O) groups is 1. The van der Waals surface area contributed by atoms with Crippen LogP contribution in [0.25, 0.3) is 0 Å². The van der Waals surface area contributed by atoms with Gasteiger partial charge in [0.2, 0.25) is 0 Å². The van der Waals surface area contributed by atoms with Crippen molar-refractivity contribution >= 4 is 17.7 Å². The average Bonchev–Trinajstić information content (AvgIpc) is 2.75. The summed E-state index contributed by atoms with van der Waals surface area (Å²) in [6.07, 6.45) is 3.52.